The number of carboxylic acid groups (broad SMARTS) is 2. The number of carbonyl (C=O) groups is 3. The molecule has 3 heterocycles. The molecule has 1 aliphatic carbocycles. The third-order valence-electron chi connectivity index (χ3n) is 4.94. The van der Waals surface area contributed by atoms with Crippen LogP contribution in [0, 0.1) is 5.92 Å². The summed E-state index contributed by atoms with van der Waals surface area (Å²) in [4.78, 5) is 37.0. The Kier molecular flexibility index (Phi) is 5.59. The third-order valence-corrected chi connectivity index (χ3v) is 7.80. The van der Waals surface area contributed by atoms with Crippen molar-refractivity contribution in [2.45, 2.75) is 29.0 Å². The Morgan fingerprint density at radius 3 is 2.77 bits per heavy atom. The minimum Gasteiger partial charge on any atom is -0.477 e. The molecule has 1 aromatic rings. The van der Waals surface area contributed by atoms with E-state index >= 15 is 0 Å². The molecule has 4 N–H and O–H groups in total. The maximum absolute atomic E-state index is 12.7. The van der Waals surface area contributed by atoms with Crippen LogP contribution in [-0.2, 0) is 16.6 Å². The molecule has 3 aliphatic rings. The van der Waals surface area contributed by atoms with Gasteiger partial charge < -0.3 is 20.8 Å². The third kappa shape index (κ3) is 3.83. The largest absolute Gasteiger partial charge is 0.477 e. The van der Waals surface area contributed by atoms with E-state index in [1.807, 2.05) is 0 Å². The van der Waals surface area contributed by atoms with Gasteiger partial charge in [0.2, 0.25) is 5.16 Å². The van der Waals surface area contributed by atoms with Gasteiger partial charge in [0.25, 0.3) is 5.91 Å². The summed E-state index contributed by atoms with van der Waals surface area (Å²) in [5, 5.41) is 35.2. The quantitative estimate of drug-likeness (QED) is 0.229. The van der Waals surface area contributed by atoms with Gasteiger partial charge in [0.15, 0.2) is 0 Å². The maximum Gasteiger partial charge on any atom is 0.404 e. The SMILES string of the molecule is Cn1nnnc1SCC1=C(C(=O)O)N2C(=O)C(NC(=S)[C@H]3C[C@@H]3NC(=O)O)[C@@H]2SC1. The van der Waals surface area contributed by atoms with Crippen molar-refractivity contribution in [2.75, 3.05) is 11.5 Å². The molecule has 1 aromatic heterocycles. The summed E-state index contributed by atoms with van der Waals surface area (Å²) >= 11 is 8.08. The summed E-state index contributed by atoms with van der Waals surface area (Å²) in [6.07, 6.45) is -0.531. The minimum atomic E-state index is -1.16. The summed E-state index contributed by atoms with van der Waals surface area (Å²) in [7, 11) is 1.69. The van der Waals surface area contributed by atoms with Crippen LogP contribution >= 0.6 is 35.7 Å². The second-order valence-corrected chi connectivity index (χ2v) is 9.41. The standard InChI is InChI=1S/C15H17N7O5S3/c1-21-14(18-19-20-21)30-4-5-3-29-12-8(11(23)22(12)9(5)13(24)25)17-10(28)6-2-7(6)16-15(26)27/h6-8,12,16H,2-4H2,1H3,(H,17,28)(H,24,25)(H,26,27)/t6-,7-,8?,12-/m0/s1. The zero-order valence-corrected chi connectivity index (χ0v) is 18.0. The molecule has 1 saturated carbocycles. The number of rotatable bonds is 7. The van der Waals surface area contributed by atoms with Gasteiger partial charge in [-0.25, -0.2) is 14.3 Å². The van der Waals surface area contributed by atoms with E-state index in [0.29, 0.717) is 33.6 Å². The van der Waals surface area contributed by atoms with Crippen molar-refractivity contribution in [1.29, 1.82) is 0 Å². The number of aliphatic carboxylic acids is 1. The fourth-order valence-electron chi connectivity index (χ4n) is 3.35. The first-order valence-corrected chi connectivity index (χ1v) is 11.3. The van der Waals surface area contributed by atoms with Crippen LogP contribution in [-0.4, -0.2) is 87.2 Å². The normalized spacial score (nSPS) is 27.2. The molecule has 2 amide bonds. The number of carboxylic acids is 1. The van der Waals surface area contributed by atoms with Crippen molar-refractivity contribution in [3.63, 3.8) is 0 Å². The van der Waals surface area contributed by atoms with Crippen molar-refractivity contribution in [2.24, 2.45) is 13.0 Å². The van der Waals surface area contributed by atoms with Gasteiger partial charge in [0, 0.05) is 30.5 Å². The van der Waals surface area contributed by atoms with Gasteiger partial charge in [-0.05, 0) is 22.4 Å². The molecule has 2 aliphatic heterocycles. The van der Waals surface area contributed by atoms with Gasteiger partial charge in [0.1, 0.15) is 17.1 Å². The highest BCUT2D eigenvalue weighted by molar-refractivity contribution is 8.01. The van der Waals surface area contributed by atoms with E-state index in [0.717, 1.165) is 0 Å². The number of hydrogen-bond acceptors (Lipinski definition) is 9. The number of carbonyl (C=O) groups excluding carboxylic acids is 1. The fourth-order valence-corrected chi connectivity index (χ4v) is 6.08. The van der Waals surface area contributed by atoms with Crippen molar-refractivity contribution in [3.05, 3.63) is 11.3 Å². The smallest absolute Gasteiger partial charge is 0.404 e. The Balaban J connectivity index is 1.41. The Bertz CT molecular complexity index is 966. The average Bonchev–Trinajstić information content (AvgIpc) is 3.33. The summed E-state index contributed by atoms with van der Waals surface area (Å²) < 4.78 is 1.49. The van der Waals surface area contributed by atoms with Crippen molar-refractivity contribution >= 4 is 58.7 Å². The zero-order valence-electron chi connectivity index (χ0n) is 15.5. The lowest BCUT2D eigenvalue weighted by Gasteiger charge is -2.49. The van der Waals surface area contributed by atoms with E-state index in [2.05, 4.69) is 26.2 Å². The molecular formula is C15H17N7O5S3. The first-order valence-electron chi connectivity index (χ1n) is 8.83. The van der Waals surface area contributed by atoms with Crippen LogP contribution in [0.2, 0.25) is 0 Å². The van der Waals surface area contributed by atoms with Crippen LogP contribution in [0.1, 0.15) is 6.42 Å². The molecule has 15 heteroatoms. The summed E-state index contributed by atoms with van der Waals surface area (Å²) in [5.74, 6) is -0.868. The molecule has 2 fully saturated rings. The van der Waals surface area contributed by atoms with E-state index in [1.165, 1.54) is 33.1 Å². The molecule has 12 nitrogen and oxygen atoms in total. The van der Waals surface area contributed by atoms with Crippen LogP contribution in [0.15, 0.2) is 16.4 Å². The van der Waals surface area contributed by atoms with E-state index in [9.17, 15) is 19.5 Å². The molecule has 0 spiro atoms. The Morgan fingerprint density at radius 1 is 1.37 bits per heavy atom. The fraction of sp³-hybridized carbons (Fsp3) is 0.533. The number of nitrogens with zero attached hydrogens (tertiary/aromatic N) is 5. The van der Waals surface area contributed by atoms with E-state index < -0.39 is 18.1 Å². The van der Waals surface area contributed by atoms with Crippen molar-refractivity contribution in [1.82, 2.24) is 35.7 Å². The molecular weight excluding hydrogens is 454 g/mol. The summed E-state index contributed by atoms with van der Waals surface area (Å²) in [5.41, 5.74) is 0.617. The van der Waals surface area contributed by atoms with E-state index in [4.69, 9.17) is 17.3 Å². The highest BCUT2D eigenvalue weighted by Gasteiger charge is 2.55. The number of β-lactam (4-membered cyclic amide) rings is 1. The first kappa shape index (κ1) is 20.9. The van der Waals surface area contributed by atoms with Crippen LogP contribution < -0.4 is 10.6 Å². The zero-order chi connectivity index (χ0) is 21.6. The minimum absolute atomic E-state index is 0.00723. The van der Waals surface area contributed by atoms with Crippen LogP contribution in [0.3, 0.4) is 0 Å². The van der Waals surface area contributed by atoms with Crippen LogP contribution in [0.25, 0.3) is 0 Å². The molecule has 160 valence electrons. The number of fused-ring (bicyclic) bond motifs is 1. The lowest BCUT2D eigenvalue weighted by atomic mass is 10.0. The Labute approximate surface area is 183 Å². The molecule has 0 bridgehead atoms. The van der Waals surface area contributed by atoms with Gasteiger partial charge in [-0.3, -0.25) is 9.69 Å². The van der Waals surface area contributed by atoms with Crippen LogP contribution in [0.5, 0.6) is 0 Å². The number of thioether (sulfide) groups is 2. The van der Waals surface area contributed by atoms with Gasteiger partial charge in [-0.2, -0.15) is 0 Å². The second kappa shape index (κ2) is 8.03. The lowest BCUT2D eigenvalue weighted by molar-refractivity contribution is -0.148. The number of aryl methyl sites for hydroxylation is 1. The van der Waals surface area contributed by atoms with Crippen molar-refractivity contribution < 1.29 is 24.6 Å². The Morgan fingerprint density at radius 2 is 2.13 bits per heavy atom. The second-order valence-electron chi connectivity index (χ2n) is 6.93. The Hall–Kier alpha value is -2.39. The molecule has 1 unspecified atom stereocenters. The number of amides is 2. The molecule has 0 aromatic carbocycles. The number of thiocarbonyl (C=S) groups is 1. The summed E-state index contributed by atoms with van der Waals surface area (Å²) in [6, 6.07) is -0.874. The highest BCUT2D eigenvalue weighted by Crippen LogP contribution is 2.42. The number of nitrogens with one attached hydrogen (secondary N) is 2. The van der Waals surface area contributed by atoms with Gasteiger partial charge in [-0.1, -0.05) is 24.0 Å². The molecule has 30 heavy (non-hydrogen) atoms. The summed E-state index contributed by atoms with van der Waals surface area (Å²) in [6.45, 7) is 0. The van der Waals surface area contributed by atoms with Crippen LogP contribution in [0.4, 0.5) is 4.79 Å². The predicted octanol–water partition coefficient (Wildman–Crippen LogP) is -0.502. The maximum atomic E-state index is 12.7. The lowest BCUT2D eigenvalue weighted by Crippen LogP contribution is -2.70. The molecule has 1 saturated heterocycles. The average molecular weight is 472 g/mol. The van der Waals surface area contributed by atoms with Gasteiger partial charge in [-0.15, -0.1) is 16.9 Å². The molecule has 4 rings (SSSR count). The predicted molar refractivity (Wildman–Crippen MR) is 110 cm³/mol. The number of tetrazole rings is 1. The number of aromatic nitrogens is 4. The van der Waals surface area contributed by atoms with Gasteiger partial charge >= 0.3 is 12.1 Å². The molecule has 4 atom stereocenters. The molecule has 0 radical (unpaired) electrons. The van der Waals surface area contributed by atoms with E-state index in [1.54, 1.807) is 7.05 Å². The topological polar surface area (TPSA) is 163 Å². The van der Waals surface area contributed by atoms with E-state index in [-0.39, 0.29) is 28.9 Å². The van der Waals surface area contributed by atoms with Gasteiger partial charge in [0.05, 0.1) is 4.99 Å². The number of hydrogen-bond donors (Lipinski definition) is 4. The highest BCUT2D eigenvalue weighted by atomic mass is 32.2. The first-order chi connectivity index (χ1) is 14.3. The van der Waals surface area contributed by atoms with Crippen molar-refractivity contribution in [3.8, 4) is 0 Å². The monoisotopic (exact) mass is 471 g/mol.